The molecule has 0 amide bonds. The van der Waals surface area contributed by atoms with Crippen LogP contribution in [0.25, 0.3) is 0 Å². The molecule has 1 heterocycles. The summed E-state index contributed by atoms with van der Waals surface area (Å²) >= 11 is 1.54. The van der Waals surface area contributed by atoms with Crippen LogP contribution in [-0.4, -0.2) is 34.9 Å². The molecular formula is C19H20N2O6S. The summed E-state index contributed by atoms with van der Waals surface area (Å²) in [6.07, 6.45) is 0. The molecule has 0 aliphatic carbocycles. The lowest BCUT2D eigenvalue weighted by atomic mass is 10.1. The number of nitrogens with zero attached hydrogens (tertiary/aromatic N) is 1. The van der Waals surface area contributed by atoms with E-state index in [-0.39, 0.29) is 17.7 Å². The fraction of sp³-hybridized carbons (Fsp3) is 0.316. The Labute approximate surface area is 166 Å². The third kappa shape index (κ3) is 4.37. The average molecular weight is 404 g/mol. The number of carboxylic acids is 1. The number of carboxylic acid groups (broad SMARTS) is 1. The molecule has 0 radical (unpaired) electrons. The van der Waals surface area contributed by atoms with Gasteiger partial charge in [0.2, 0.25) is 0 Å². The van der Waals surface area contributed by atoms with Crippen molar-refractivity contribution in [1.29, 1.82) is 0 Å². The van der Waals surface area contributed by atoms with Crippen molar-refractivity contribution in [2.24, 2.45) is 0 Å². The van der Waals surface area contributed by atoms with Crippen LogP contribution in [0.5, 0.6) is 11.5 Å². The third-order valence-electron chi connectivity index (χ3n) is 4.45. The molecule has 0 aromatic heterocycles. The first kappa shape index (κ1) is 20.0. The summed E-state index contributed by atoms with van der Waals surface area (Å²) in [5.41, 5.74) is 2.31. The summed E-state index contributed by atoms with van der Waals surface area (Å²) in [4.78, 5) is 21.6. The number of rotatable bonds is 7. The van der Waals surface area contributed by atoms with E-state index in [0.717, 1.165) is 11.1 Å². The Morgan fingerprint density at radius 1 is 1.36 bits per heavy atom. The average Bonchev–Trinajstić information content (AvgIpc) is 3.16. The van der Waals surface area contributed by atoms with Gasteiger partial charge in [0.1, 0.15) is 24.1 Å². The van der Waals surface area contributed by atoms with Crippen LogP contribution in [0.3, 0.4) is 0 Å². The summed E-state index contributed by atoms with van der Waals surface area (Å²) < 4.78 is 11.2. The van der Waals surface area contributed by atoms with Crippen LogP contribution in [0.15, 0.2) is 36.4 Å². The van der Waals surface area contributed by atoms with E-state index in [4.69, 9.17) is 14.6 Å². The molecule has 1 aliphatic rings. The highest BCUT2D eigenvalue weighted by Gasteiger charge is 2.30. The van der Waals surface area contributed by atoms with E-state index in [9.17, 15) is 14.9 Å². The van der Waals surface area contributed by atoms with Crippen molar-refractivity contribution in [3.8, 4) is 11.5 Å². The molecule has 2 aromatic rings. The van der Waals surface area contributed by atoms with Gasteiger partial charge in [0.25, 0.3) is 5.69 Å². The Hall–Kier alpha value is -2.78. The molecule has 0 unspecified atom stereocenters. The lowest BCUT2D eigenvalue weighted by Gasteiger charge is -2.16. The van der Waals surface area contributed by atoms with Gasteiger partial charge in [0.15, 0.2) is 0 Å². The van der Waals surface area contributed by atoms with Crippen molar-refractivity contribution in [2.75, 3.05) is 12.9 Å². The lowest BCUT2D eigenvalue weighted by Crippen LogP contribution is -2.33. The minimum absolute atomic E-state index is 0.0456. The van der Waals surface area contributed by atoms with Gasteiger partial charge in [-0.1, -0.05) is 6.07 Å². The Morgan fingerprint density at radius 3 is 2.75 bits per heavy atom. The number of hydrogen-bond donors (Lipinski definition) is 2. The number of aliphatic carboxylic acids is 1. The van der Waals surface area contributed by atoms with Crippen molar-refractivity contribution in [3.05, 3.63) is 63.2 Å². The van der Waals surface area contributed by atoms with E-state index >= 15 is 0 Å². The summed E-state index contributed by atoms with van der Waals surface area (Å²) in [5, 5.41) is 23.0. The number of nitro benzene ring substituents is 1. The van der Waals surface area contributed by atoms with Gasteiger partial charge < -0.3 is 14.6 Å². The van der Waals surface area contributed by atoms with E-state index < -0.39 is 16.9 Å². The number of aryl methyl sites for hydroxylation is 1. The molecule has 0 saturated carbocycles. The Balaban J connectivity index is 1.75. The first-order valence-electron chi connectivity index (χ1n) is 8.54. The van der Waals surface area contributed by atoms with Crippen LogP contribution >= 0.6 is 11.8 Å². The van der Waals surface area contributed by atoms with Crippen LogP contribution in [0, 0.1) is 17.0 Å². The first-order valence-corrected chi connectivity index (χ1v) is 9.59. The minimum atomic E-state index is -0.861. The first-order chi connectivity index (χ1) is 13.4. The molecule has 1 saturated heterocycles. The number of hydrogen-bond acceptors (Lipinski definition) is 7. The molecule has 2 aromatic carbocycles. The highest BCUT2D eigenvalue weighted by atomic mass is 32.2. The van der Waals surface area contributed by atoms with Crippen molar-refractivity contribution < 1.29 is 24.3 Å². The van der Waals surface area contributed by atoms with E-state index in [2.05, 4.69) is 5.32 Å². The standard InChI is InChI=1S/C19H20N2O6S/c1-11-7-14(4-5-16(11)21(24)25)27-9-13-8-12(3-6-17(13)26-2)18-20-15(10-28-18)19(22)23/h3-8,15,18,20H,9-10H2,1-2H3,(H,22,23)/t15-,18-/m0/s1. The number of nitrogens with one attached hydrogen (secondary N) is 1. The van der Waals surface area contributed by atoms with E-state index in [1.54, 1.807) is 26.2 Å². The Morgan fingerprint density at radius 2 is 2.14 bits per heavy atom. The Bertz CT molecular complexity index is 904. The summed E-state index contributed by atoms with van der Waals surface area (Å²) in [6.45, 7) is 1.88. The maximum absolute atomic E-state index is 11.1. The summed E-state index contributed by atoms with van der Waals surface area (Å²) in [7, 11) is 1.57. The molecular weight excluding hydrogens is 384 g/mol. The number of carbonyl (C=O) groups is 1. The molecule has 0 bridgehead atoms. The van der Waals surface area contributed by atoms with E-state index in [1.807, 2.05) is 18.2 Å². The number of benzene rings is 2. The molecule has 148 valence electrons. The lowest BCUT2D eigenvalue weighted by molar-refractivity contribution is -0.385. The molecule has 3 rings (SSSR count). The van der Waals surface area contributed by atoms with Gasteiger partial charge in [0.05, 0.1) is 17.4 Å². The number of methoxy groups -OCH3 is 1. The summed E-state index contributed by atoms with van der Waals surface area (Å²) in [5.74, 6) is 0.815. The normalized spacial score (nSPS) is 18.6. The van der Waals surface area contributed by atoms with Crippen LogP contribution in [0.2, 0.25) is 0 Å². The highest BCUT2D eigenvalue weighted by Crippen LogP contribution is 2.35. The van der Waals surface area contributed by atoms with Gasteiger partial charge in [-0.05, 0) is 36.8 Å². The molecule has 9 heteroatoms. The Kier molecular flexibility index (Phi) is 6.05. The molecule has 2 N–H and O–H groups in total. The van der Waals surface area contributed by atoms with Crippen LogP contribution in [-0.2, 0) is 11.4 Å². The monoisotopic (exact) mass is 404 g/mol. The number of thioether (sulfide) groups is 1. The smallest absolute Gasteiger partial charge is 0.321 e. The number of nitro groups is 1. The molecule has 2 atom stereocenters. The zero-order valence-corrected chi connectivity index (χ0v) is 16.2. The van der Waals surface area contributed by atoms with Crippen LogP contribution < -0.4 is 14.8 Å². The molecule has 0 spiro atoms. The van der Waals surface area contributed by atoms with Gasteiger partial charge in [-0.2, -0.15) is 0 Å². The fourth-order valence-electron chi connectivity index (χ4n) is 2.96. The third-order valence-corrected chi connectivity index (χ3v) is 5.71. The zero-order valence-electron chi connectivity index (χ0n) is 15.4. The van der Waals surface area contributed by atoms with Gasteiger partial charge in [-0.3, -0.25) is 20.2 Å². The van der Waals surface area contributed by atoms with Crippen molar-refractivity contribution in [1.82, 2.24) is 5.32 Å². The maximum atomic E-state index is 11.1. The fourth-order valence-corrected chi connectivity index (χ4v) is 4.19. The molecule has 8 nitrogen and oxygen atoms in total. The minimum Gasteiger partial charge on any atom is -0.496 e. The largest absolute Gasteiger partial charge is 0.496 e. The van der Waals surface area contributed by atoms with Gasteiger partial charge in [-0.25, -0.2) is 0 Å². The molecule has 1 fully saturated rings. The zero-order chi connectivity index (χ0) is 20.3. The van der Waals surface area contributed by atoms with Gasteiger partial charge >= 0.3 is 5.97 Å². The van der Waals surface area contributed by atoms with Gasteiger partial charge in [0, 0.05) is 22.9 Å². The molecule has 1 aliphatic heterocycles. The quantitative estimate of drug-likeness (QED) is 0.534. The maximum Gasteiger partial charge on any atom is 0.321 e. The van der Waals surface area contributed by atoms with Crippen LogP contribution in [0.1, 0.15) is 22.1 Å². The van der Waals surface area contributed by atoms with E-state index in [0.29, 0.717) is 22.8 Å². The number of ether oxygens (including phenoxy) is 2. The second-order valence-electron chi connectivity index (χ2n) is 6.34. The SMILES string of the molecule is COc1ccc([C@H]2N[C@H](C(=O)O)CS2)cc1COc1ccc([N+](=O)[O-])c(C)c1. The highest BCUT2D eigenvalue weighted by molar-refractivity contribution is 7.99. The predicted octanol–water partition coefficient (Wildman–Crippen LogP) is 3.28. The summed E-state index contributed by atoms with van der Waals surface area (Å²) in [6, 6.07) is 9.68. The van der Waals surface area contributed by atoms with Crippen LogP contribution in [0.4, 0.5) is 5.69 Å². The van der Waals surface area contributed by atoms with Crippen molar-refractivity contribution >= 4 is 23.4 Å². The second kappa shape index (κ2) is 8.49. The predicted molar refractivity (Wildman–Crippen MR) is 105 cm³/mol. The second-order valence-corrected chi connectivity index (χ2v) is 7.47. The van der Waals surface area contributed by atoms with Crippen molar-refractivity contribution in [2.45, 2.75) is 24.9 Å². The van der Waals surface area contributed by atoms with E-state index in [1.165, 1.54) is 17.8 Å². The van der Waals surface area contributed by atoms with Gasteiger partial charge in [-0.15, -0.1) is 11.8 Å². The molecule has 28 heavy (non-hydrogen) atoms. The van der Waals surface area contributed by atoms with Crippen molar-refractivity contribution in [3.63, 3.8) is 0 Å². The topological polar surface area (TPSA) is 111 Å².